The first-order valence-corrected chi connectivity index (χ1v) is 6.40. The second-order valence-corrected chi connectivity index (χ2v) is 4.72. The van der Waals surface area contributed by atoms with Crippen LogP contribution in [0.25, 0.3) is 33.5 Å². The lowest BCUT2D eigenvalue weighted by atomic mass is 10.2. The van der Waals surface area contributed by atoms with Crippen molar-refractivity contribution in [2.45, 2.75) is 13.8 Å². The van der Waals surface area contributed by atoms with Gasteiger partial charge in [0.25, 0.3) is 0 Å². The van der Waals surface area contributed by atoms with E-state index in [1.807, 2.05) is 6.92 Å². The predicted molar refractivity (Wildman–Crippen MR) is 68.9 cm³/mol. The summed E-state index contributed by atoms with van der Waals surface area (Å²) in [5.41, 5.74) is 4.64. The van der Waals surface area contributed by atoms with E-state index in [-0.39, 0.29) is 0 Å². The average Bonchev–Trinajstić information content (AvgIpc) is 3.09. The molecule has 0 aliphatic rings. The van der Waals surface area contributed by atoms with E-state index in [0.717, 1.165) is 11.7 Å². The van der Waals surface area contributed by atoms with E-state index in [0.29, 0.717) is 44.8 Å². The van der Waals surface area contributed by atoms with Crippen molar-refractivity contribution < 1.29 is 4.63 Å². The minimum absolute atomic E-state index is 0.442. The lowest BCUT2D eigenvalue weighted by Crippen LogP contribution is -1.99. The highest BCUT2D eigenvalue weighted by Gasteiger charge is 2.20. The van der Waals surface area contributed by atoms with Crippen molar-refractivity contribution in [1.29, 1.82) is 0 Å². The second-order valence-electron chi connectivity index (χ2n) is 4.19. The maximum absolute atomic E-state index is 4.76. The van der Waals surface area contributed by atoms with Crippen molar-refractivity contribution in [1.82, 2.24) is 39.5 Å². The Bertz CT molecular complexity index is 867. The van der Waals surface area contributed by atoms with Gasteiger partial charge in [-0.2, -0.15) is 18.9 Å². The molecule has 0 amide bonds. The number of aromatic nitrogens is 8. The highest BCUT2D eigenvalue weighted by molar-refractivity contribution is 7.00. The predicted octanol–water partition coefficient (Wildman–Crippen LogP) is 1.09. The van der Waals surface area contributed by atoms with E-state index in [1.165, 1.54) is 0 Å². The molecule has 0 fully saturated rings. The smallest absolute Gasteiger partial charge is 0.167 e. The van der Waals surface area contributed by atoms with Crippen LogP contribution in [0.4, 0.5) is 0 Å². The lowest BCUT2D eigenvalue weighted by Gasteiger charge is -2.01. The second kappa shape index (κ2) is 3.93. The SMILES string of the molecule is Cc1nnc(-c2nnc(C)c3nsnc23)c2nonc12. The zero-order chi connectivity index (χ0) is 13.7. The molecule has 4 aromatic heterocycles. The average molecular weight is 286 g/mol. The number of hydrogen-bond acceptors (Lipinski definition) is 10. The number of fused-ring (bicyclic) bond motifs is 2. The van der Waals surface area contributed by atoms with Crippen LogP contribution in [0.1, 0.15) is 11.4 Å². The summed E-state index contributed by atoms with van der Waals surface area (Å²) in [4.78, 5) is 0. The summed E-state index contributed by atoms with van der Waals surface area (Å²) in [6.07, 6.45) is 0. The standard InChI is InChI=1S/C10H6N8OS/c1-3-5-9(16-19-15-5)7(13-11-3)8-10-6(17-20-18-10)4(2)12-14-8/h1-2H3. The first-order chi connectivity index (χ1) is 9.75. The van der Waals surface area contributed by atoms with E-state index in [4.69, 9.17) is 4.63 Å². The molecule has 4 rings (SSSR count). The molecular formula is C10H6N8OS. The van der Waals surface area contributed by atoms with Crippen molar-refractivity contribution in [2.75, 3.05) is 0 Å². The van der Waals surface area contributed by atoms with Gasteiger partial charge in [-0.15, -0.1) is 10.2 Å². The first-order valence-electron chi connectivity index (χ1n) is 5.67. The minimum Gasteiger partial charge on any atom is -0.243 e. The molecule has 4 aromatic rings. The summed E-state index contributed by atoms with van der Waals surface area (Å²) in [7, 11) is 0. The Morgan fingerprint density at radius 2 is 1.30 bits per heavy atom. The molecule has 98 valence electrons. The molecule has 0 saturated heterocycles. The van der Waals surface area contributed by atoms with E-state index < -0.39 is 0 Å². The van der Waals surface area contributed by atoms with Gasteiger partial charge in [0.1, 0.15) is 22.4 Å². The molecule has 0 radical (unpaired) electrons. The summed E-state index contributed by atoms with van der Waals surface area (Å²) in [5.74, 6) is 0. The molecule has 9 nitrogen and oxygen atoms in total. The van der Waals surface area contributed by atoms with Crippen LogP contribution in [0.3, 0.4) is 0 Å². The molecular weight excluding hydrogens is 280 g/mol. The van der Waals surface area contributed by atoms with Crippen LogP contribution in [0.15, 0.2) is 4.63 Å². The normalized spacial score (nSPS) is 11.5. The molecule has 10 heteroatoms. The van der Waals surface area contributed by atoms with Gasteiger partial charge in [0.05, 0.1) is 23.1 Å². The minimum atomic E-state index is 0.442. The molecule has 0 atom stereocenters. The van der Waals surface area contributed by atoms with Gasteiger partial charge in [-0.25, -0.2) is 4.63 Å². The van der Waals surface area contributed by atoms with Crippen LogP contribution >= 0.6 is 11.7 Å². The molecule has 0 N–H and O–H groups in total. The Balaban J connectivity index is 2.12. The number of rotatable bonds is 1. The molecule has 0 aromatic carbocycles. The van der Waals surface area contributed by atoms with Crippen LogP contribution in [0.2, 0.25) is 0 Å². The summed E-state index contributed by atoms with van der Waals surface area (Å²) in [6.45, 7) is 3.61. The summed E-state index contributed by atoms with van der Waals surface area (Å²) in [6, 6.07) is 0. The third-order valence-electron chi connectivity index (χ3n) is 2.94. The van der Waals surface area contributed by atoms with E-state index >= 15 is 0 Å². The lowest BCUT2D eigenvalue weighted by molar-refractivity contribution is 0.315. The maximum Gasteiger partial charge on any atom is 0.167 e. The van der Waals surface area contributed by atoms with Crippen LogP contribution in [0.5, 0.6) is 0 Å². The molecule has 0 unspecified atom stereocenters. The first kappa shape index (κ1) is 11.2. The van der Waals surface area contributed by atoms with E-state index in [2.05, 4.69) is 39.5 Å². The molecule has 0 bridgehead atoms. The van der Waals surface area contributed by atoms with Crippen molar-refractivity contribution >= 4 is 33.8 Å². The third kappa shape index (κ3) is 1.42. The zero-order valence-corrected chi connectivity index (χ0v) is 11.2. The Kier molecular flexibility index (Phi) is 2.21. The third-order valence-corrected chi connectivity index (χ3v) is 3.46. The van der Waals surface area contributed by atoms with Crippen LogP contribution in [-0.4, -0.2) is 39.5 Å². The van der Waals surface area contributed by atoms with Gasteiger partial charge in [0.15, 0.2) is 11.0 Å². The fraction of sp³-hybridized carbons (Fsp3) is 0.200. The Hall–Kier alpha value is -2.62. The number of nitrogens with zero attached hydrogens (tertiary/aromatic N) is 8. The Labute approximate surface area is 115 Å². The highest BCUT2D eigenvalue weighted by atomic mass is 32.1. The van der Waals surface area contributed by atoms with Crippen molar-refractivity contribution in [3.63, 3.8) is 0 Å². The van der Waals surface area contributed by atoms with Crippen LogP contribution < -0.4 is 0 Å². The van der Waals surface area contributed by atoms with Gasteiger partial charge >= 0.3 is 0 Å². The largest absolute Gasteiger partial charge is 0.243 e. The van der Waals surface area contributed by atoms with Gasteiger partial charge in [-0.1, -0.05) is 0 Å². The fourth-order valence-corrected chi connectivity index (χ4v) is 2.52. The molecule has 4 heterocycles. The highest BCUT2D eigenvalue weighted by Crippen LogP contribution is 2.28. The van der Waals surface area contributed by atoms with Crippen molar-refractivity contribution in [3.05, 3.63) is 11.4 Å². The number of aryl methyl sites for hydroxylation is 2. The molecule has 0 aliphatic heterocycles. The van der Waals surface area contributed by atoms with Gasteiger partial charge in [-0.05, 0) is 24.2 Å². The van der Waals surface area contributed by atoms with Crippen LogP contribution in [0, 0.1) is 13.8 Å². The monoisotopic (exact) mass is 286 g/mol. The van der Waals surface area contributed by atoms with Gasteiger partial charge in [-0.3, -0.25) is 0 Å². The Morgan fingerprint density at radius 3 is 2.10 bits per heavy atom. The van der Waals surface area contributed by atoms with E-state index in [1.54, 1.807) is 6.92 Å². The summed E-state index contributed by atoms with van der Waals surface area (Å²) < 4.78 is 13.2. The van der Waals surface area contributed by atoms with Crippen molar-refractivity contribution in [2.24, 2.45) is 0 Å². The van der Waals surface area contributed by atoms with Crippen molar-refractivity contribution in [3.8, 4) is 11.4 Å². The number of hydrogen-bond donors (Lipinski definition) is 0. The molecule has 20 heavy (non-hydrogen) atoms. The van der Waals surface area contributed by atoms with Gasteiger partial charge < -0.3 is 0 Å². The zero-order valence-electron chi connectivity index (χ0n) is 10.4. The van der Waals surface area contributed by atoms with Crippen LogP contribution in [-0.2, 0) is 0 Å². The topological polar surface area (TPSA) is 116 Å². The molecule has 0 aliphatic carbocycles. The molecule has 0 spiro atoms. The van der Waals surface area contributed by atoms with E-state index in [9.17, 15) is 0 Å². The van der Waals surface area contributed by atoms with Gasteiger partial charge in [0.2, 0.25) is 0 Å². The summed E-state index contributed by atoms with van der Waals surface area (Å²) >= 11 is 1.10. The fourth-order valence-electron chi connectivity index (χ4n) is 1.92. The maximum atomic E-state index is 4.76. The summed E-state index contributed by atoms with van der Waals surface area (Å²) in [5, 5.41) is 24.1. The quantitative estimate of drug-likeness (QED) is 0.506. The molecule has 0 saturated carbocycles. The van der Waals surface area contributed by atoms with Gasteiger partial charge in [0, 0.05) is 0 Å². The Morgan fingerprint density at radius 1 is 0.700 bits per heavy atom.